The summed E-state index contributed by atoms with van der Waals surface area (Å²) in [7, 11) is 0. The highest BCUT2D eigenvalue weighted by atomic mass is 79.9. The van der Waals surface area contributed by atoms with Crippen LogP contribution >= 0.6 is 15.9 Å². The molecule has 1 rings (SSSR count). The number of carbonyl (C=O) groups excluding carboxylic acids is 1. The van der Waals surface area contributed by atoms with Gasteiger partial charge in [-0.3, -0.25) is 4.79 Å². The smallest absolute Gasteiger partial charge is 0.312 e. The minimum atomic E-state index is -1.46. The molecule has 0 aliphatic carbocycles. The molecule has 0 aliphatic rings. The highest BCUT2D eigenvalue weighted by molar-refractivity contribution is 9.10. The van der Waals surface area contributed by atoms with Crippen molar-refractivity contribution in [3.63, 3.8) is 0 Å². The van der Waals surface area contributed by atoms with Gasteiger partial charge in [0, 0.05) is 4.47 Å². The van der Waals surface area contributed by atoms with Crippen LogP contribution in [0.3, 0.4) is 0 Å². The largest absolute Gasteiger partial charge is 0.460 e. The fraction of sp³-hybridized carbons (Fsp3) is 0.533. The van der Waals surface area contributed by atoms with Gasteiger partial charge in [-0.25, -0.2) is 4.39 Å². The van der Waals surface area contributed by atoms with Crippen molar-refractivity contribution in [3.05, 3.63) is 34.1 Å². The van der Waals surface area contributed by atoms with Crippen LogP contribution in [0, 0.1) is 11.7 Å². The number of ether oxygens (including phenoxy) is 1. The van der Waals surface area contributed by atoms with E-state index in [1.807, 2.05) is 0 Å². The van der Waals surface area contributed by atoms with Gasteiger partial charge in [-0.2, -0.15) is 0 Å². The van der Waals surface area contributed by atoms with E-state index >= 15 is 0 Å². The number of rotatable bonds is 3. The second-order valence-electron chi connectivity index (χ2n) is 6.03. The lowest BCUT2D eigenvalue weighted by Crippen LogP contribution is -2.39. The van der Waals surface area contributed by atoms with Crippen LogP contribution in [0.1, 0.15) is 40.2 Å². The molecule has 0 aliphatic heterocycles. The van der Waals surface area contributed by atoms with Gasteiger partial charge in [0.1, 0.15) is 17.0 Å². The lowest BCUT2D eigenvalue weighted by Gasteiger charge is -2.32. The molecule has 5 heteroatoms. The van der Waals surface area contributed by atoms with Gasteiger partial charge in [-0.1, -0.05) is 22.0 Å². The average molecular weight is 347 g/mol. The molecular weight excluding hydrogens is 327 g/mol. The molecule has 0 aromatic heterocycles. The number of benzene rings is 1. The predicted octanol–water partition coefficient (Wildman–Crippen LogP) is 3.77. The molecule has 0 spiro atoms. The van der Waals surface area contributed by atoms with Gasteiger partial charge in [0.15, 0.2) is 0 Å². The maximum atomic E-state index is 13.1. The Balaban J connectivity index is 3.06. The third kappa shape index (κ3) is 4.03. The van der Waals surface area contributed by atoms with Crippen LogP contribution in [0.5, 0.6) is 0 Å². The quantitative estimate of drug-likeness (QED) is 0.847. The van der Waals surface area contributed by atoms with Gasteiger partial charge in [0.25, 0.3) is 0 Å². The van der Waals surface area contributed by atoms with Gasteiger partial charge >= 0.3 is 5.97 Å². The van der Waals surface area contributed by atoms with E-state index in [1.165, 1.54) is 25.1 Å². The van der Waals surface area contributed by atoms with Crippen molar-refractivity contribution in [1.29, 1.82) is 0 Å². The summed E-state index contributed by atoms with van der Waals surface area (Å²) in [6.45, 7) is 8.39. The van der Waals surface area contributed by atoms with Crippen LogP contribution in [-0.4, -0.2) is 16.7 Å². The number of halogens is 2. The van der Waals surface area contributed by atoms with E-state index < -0.39 is 28.9 Å². The maximum Gasteiger partial charge on any atom is 0.312 e. The first kappa shape index (κ1) is 17.1. The van der Waals surface area contributed by atoms with Crippen LogP contribution in [0.4, 0.5) is 4.39 Å². The second kappa shape index (κ2) is 5.82. The molecule has 0 amide bonds. The summed E-state index contributed by atoms with van der Waals surface area (Å²) < 4.78 is 18.8. The van der Waals surface area contributed by atoms with Crippen molar-refractivity contribution in [2.45, 2.75) is 45.8 Å². The molecular formula is C15H20BrFO3. The minimum Gasteiger partial charge on any atom is -0.460 e. The van der Waals surface area contributed by atoms with Gasteiger partial charge < -0.3 is 9.84 Å². The monoisotopic (exact) mass is 346 g/mol. The van der Waals surface area contributed by atoms with E-state index in [1.54, 1.807) is 27.7 Å². The molecule has 2 unspecified atom stereocenters. The Morgan fingerprint density at radius 3 is 2.35 bits per heavy atom. The number of carbonyl (C=O) groups is 1. The van der Waals surface area contributed by atoms with Crippen molar-refractivity contribution >= 4 is 21.9 Å². The molecule has 1 aromatic carbocycles. The van der Waals surface area contributed by atoms with Gasteiger partial charge in [0.2, 0.25) is 0 Å². The van der Waals surface area contributed by atoms with Crippen LogP contribution < -0.4 is 0 Å². The van der Waals surface area contributed by atoms with E-state index in [-0.39, 0.29) is 0 Å². The highest BCUT2D eigenvalue weighted by Crippen LogP contribution is 2.35. The minimum absolute atomic E-state index is 0.415. The van der Waals surface area contributed by atoms with Crippen molar-refractivity contribution in [2.75, 3.05) is 0 Å². The summed E-state index contributed by atoms with van der Waals surface area (Å²) in [5.41, 5.74) is -1.65. The van der Waals surface area contributed by atoms with E-state index in [0.29, 0.717) is 10.0 Å². The molecule has 0 heterocycles. The zero-order valence-corrected chi connectivity index (χ0v) is 13.9. The highest BCUT2D eigenvalue weighted by Gasteiger charge is 2.39. The molecule has 0 bridgehead atoms. The molecule has 3 nitrogen and oxygen atoms in total. The molecule has 1 N–H and O–H groups in total. The zero-order chi connectivity index (χ0) is 15.7. The summed E-state index contributed by atoms with van der Waals surface area (Å²) in [5, 5.41) is 10.6. The third-order valence-corrected chi connectivity index (χ3v) is 3.74. The summed E-state index contributed by atoms with van der Waals surface area (Å²) in [5.74, 6) is -1.71. The standard InChI is InChI=1S/C15H20BrFO3/c1-9(13(18)20-14(2,3)4)15(5,19)11-7-6-10(17)8-12(11)16/h6-9,19H,1-5H3. The fourth-order valence-corrected chi connectivity index (χ4v) is 2.51. The number of aliphatic hydroxyl groups is 1. The zero-order valence-electron chi connectivity index (χ0n) is 12.3. The maximum absolute atomic E-state index is 13.1. The van der Waals surface area contributed by atoms with E-state index in [0.717, 1.165) is 0 Å². The average Bonchev–Trinajstić information content (AvgIpc) is 2.24. The SMILES string of the molecule is CC(C(=O)OC(C)(C)C)C(C)(O)c1ccc(F)cc1Br. The van der Waals surface area contributed by atoms with E-state index in [4.69, 9.17) is 4.74 Å². The Bertz CT molecular complexity index is 506. The normalized spacial score (nSPS) is 16.4. The van der Waals surface area contributed by atoms with Gasteiger partial charge in [-0.05, 0) is 52.3 Å². The lowest BCUT2D eigenvalue weighted by atomic mass is 9.84. The molecule has 0 saturated carbocycles. The van der Waals surface area contributed by atoms with Crippen LogP contribution in [0.2, 0.25) is 0 Å². The number of esters is 1. The Kier molecular flexibility index (Phi) is 4.98. The first-order chi connectivity index (χ1) is 8.95. The summed E-state index contributed by atoms with van der Waals surface area (Å²) in [4.78, 5) is 12.1. The third-order valence-electron chi connectivity index (χ3n) is 3.08. The first-order valence-electron chi connectivity index (χ1n) is 6.36. The predicted molar refractivity (Wildman–Crippen MR) is 78.7 cm³/mol. The second-order valence-corrected chi connectivity index (χ2v) is 6.88. The Morgan fingerprint density at radius 2 is 1.90 bits per heavy atom. The van der Waals surface area contributed by atoms with Crippen molar-refractivity contribution in [2.24, 2.45) is 5.92 Å². The Labute approximate surface area is 127 Å². The van der Waals surface area contributed by atoms with E-state index in [9.17, 15) is 14.3 Å². The van der Waals surface area contributed by atoms with Gasteiger partial charge in [-0.15, -0.1) is 0 Å². The topological polar surface area (TPSA) is 46.5 Å². The molecule has 0 saturated heterocycles. The molecule has 112 valence electrons. The number of hydrogen-bond acceptors (Lipinski definition) is 3. The van der Waals surface area contributed by atoms with Crippen molar-refractivity contribution < 1.29 is 19.0 Å². The summed E-state index contributed by atoms with van der Waals surface area (Å²) in [6.07, 6.45) is 0. The van der Waals surface area contributed by atoms with Crippen LogP contribution in [-0.2, 0) is 15.1 Å². The number of hydrogen-bond donors (Lipinski definition) is 1. The molecule has 1 aromatic rings. The molecule has 20 heavy (non-hydrogen) atoms. The fourth-order valence-electron chi connectivity index (χ4n) is 1.75. The van der Waals surface area contributed by atoms with Crippen molar-refractivity contribution in [1.82, 2.24) is 0 Å². The van der Waals surface area contributed by atoms with Gasteiger partial charge in [0.05, 0.1) is 5.92 Å². The first-order valence-corrected chi connectivity index (χ1v) is 7.15. The molecule has 0 radical (unpaired) electrons. The lowest BCUT2D eigenvalue weighted by molar-refractivity contribution is -0.168. The Morgan fingerprint density at radius 1 is 1.35 bits per heavy atom. The Hall–Kier alpha value is -0.940. The molecule has 0 fully saturated rings. The van der Waals surface area contributed by atoms with Crippen LogP contribution in [0.25, 0.3) is 0 Å². The molecule has 2 atom stereocenters. The summed E-state index contributed by atoms with van der Waals surface area (Å²) in [6, 6.07) is 3.96. The summed E-state index contributed by atoms with van der Waals surface area (Å²) >= 11 is 3.21. The van der Waals surface area contributed by atoms with Crippen LogP contribution in [0.15, 0.2) is 22.7 Å². The van der Waals surface area contributed by atoms with E-state index in [2.05, 4.69) is 15.9 Å². The van der Waals surface area contributed by atoms with Crippen molar-refractivity contribution in [3.8, 4) is 0 Å².